The normalized spacial score (nSPS) is 10.6. The van der Waals surface area contributed by atoms with Crippen LogP contribution in [0.4, 0.5) is 5.69 Å². The number of carbonyl (C=O) groups excluding carboxylic acids is 1. The van der Waals surface area contributed by atoms with E-state index in [4.69, 9.17) is 0 Å². The number of pyridine rings is 1. The molecule has 2 heterocycles. The zero-order valence-electron chi connectivity index (χ0n) is 15.8. The Kier molecular flexibility index (Phi) is 4.72. The van der Waals surface area contributed by atoms with Crippen molar-refractivity contribution in [1.82, 2.24) is 14.8 Å². The highest BCUT2D eigenvalue weighted by molar-refractivity contribution is 6.08. The molecule has 0 atom stereocenters. The number of aryl methyl sites for hydroxylation is 1. The fourth-order valence-corrected chi connectivity index (χ4v) is 3.05. The Bertz CT molecular complexity index is 1120. The van der Waals surface area contributed by atoms with Crippen LogP contribution < -0.4 is 5.32 Å². The maximum absolute atomic E-state index is 13.1. The summed E-state index contributed by atoms with van der Waals surface area (Å²) in [4.78, 5) is 17.3. The largest absolute Gasteiger partial charge is 0.322 e. The Balaban J connectivity index is 1.77. The molecule has 0 spiro atoms. The lowest BCUT2D eigenvalue weighted by Gasteiger charge is -2.10. The number of carbonyl (C=O) groups is 1. The van der Waals surface area contributed by atoms with Gasteiger partial charge in [-0.3, -0.25) is 9.78 Å². The van der Waals surface area contributed by atoms with E-state index in [1.54, 1.807) is 23.3 Å². The Labute approximate surface area is 163 Å². The molecule has 4 aromatic rings. The van der Waals surface area contributed by atoms with E-state index in [1.165, 1.54) is 0 Å². The Morgan fingerprint density at radius 2 is 1.79 bits per heavy atom. The number of para-hydroxylation sites is 1. The molecule has 0 fully saturated rings. The van der Waals surface area contributed by atoms with Crippen LogP contribution in [0.25, 0.3) is 16.9 Å². The van der Waals surface area contributed by atoms with E-state index < -0.39 is 0 Å². The van der Waals surface area contributed by atoms with Crippen LogP contribution in [0.15, 0.2) is 79.3 Å². The summed E-state index contributed by atoms with van der Waals surface area (Å²) >= 11 is 0. The van der Waals surface area contributed by atoms with Gasteiger partial charge in [-0.25, -0.2) is 4.68 Å². The smallest absolute Gasteiger partial charge is 0.259 e. The monoisotopic (exact) mass is 368 g/mol. The minimum absolute atomic E-state index is 0.199. The van der Waals surface area contributed by atoms with Gasteiger partial charge in [0.1, 0.15) is 5.69 Å². The van der Waals surface area contributed by atoms with Crippen LogP contribution >= 0.6 is 0 Å². The average Bonchev–Trinajstić information content (AvgIpc) is 3.18. The van der Waals surface area contributed by atoms with Crippen LogP contribution in [0.3, 0.4) is 0 Å². The van der Waals surface area contributed by atoms with Gasteiger partial charge in [0.25, 0.3) is 5.91 Å². The van der Waals surface area contributed by atoms with Gasteiger partial charge in [-0.05, 0) is 55.3 Å². The molecule has 0 bridgehead atoms. The van der Waals surface area contributed by atoms with E-state index in [1.807, 2.05) is 74.5 Å². The third-order valence-electron chi connectivity index (χ3n) is 4.77. The van der Waals surface area contributed by atoms with Gasteiger partial charge in [0, 0.05) is 29.8 Å². The van der Waals surface area contributed by atoms with Crippen molar-refractivity contribution < 1.29 is 4.79 Å². The third kappa shape index (κ3) is 3.42. The van der Waals surface area contributed by atoms with E-state index in [0.717, 1.165) is 28.1 Å². The van der Waals surface area contributed by atoms with Crippen LogP contribution in [0.5, 0.6) is 0 Å². The second-order valence-electron chi connectivity index (χ2n) is 6.61. The molecule has 0 saturated carbocycles. The number of rotatable bonds is 4. The summed E-state index contributed by atoms with van der Waals surface area (Å²) < 4.78 is 1.72. The lowest BCUT2D eigenvalue weighted by Crippen LogP contribution is -2.13. The van der Waals surface area contributed by atoms with Gasteiger partial charge < -0.3 is 5.32 Å². The highest BCUT2D eigenvalue weighted by Gasteiger charge is 2.19. The molecule has 1 N–H and O–H groups in total. The van der Waals surface area contributed by atoms with E-state index in [9.17, 15) is 4.79 Å². The number of nitrogens with zero attached hydrogens (tertiary/aromatic N) is 3. The number of hydrogen-bond donors (Lipinski definition) is 1. The van der Waals surface area contributed by atoms with Crippen molar-refractivity contribution in [2.24, 2.45) is 0 Å². The number of amides is 1. The van der Waals surface area contributed by atoms with Gasteiger partial charge >= 0.3 is 0 Å². The number of hydrogen-bond acceptors (Lipinski definition) is 3. The maximum atomic E-state index is 13.1. The van der Waals surface area contributed by atoms with Crippen molar-refractivity contribution >= 4 is 11.6 Å². The predicted octanol–water partition coefficient (Wildman–Crippen LogP) is 4.80. The van der Waals surface area contributed by atoms with Gasteiger partial charge in [-0.1, -0.05) is 30.3 Å². The molecule has 28 heavy (non-hydrogen) atoms. The SMILES string of the molecule is Cc1cccc(NC(=O)c2cn(-c3ccccc3)nc2-c2cccnc2)c1C. The van der Waals surface area contributed by atoms with Crippen molar-refractivity contribution in [1.29, 1.82) is 0 Å². The second-order valence-corrected chi connectivity index (χ2v) is 6.61. The van der Waals surface area contributed by atoms with Crippen LogP contribution in [-0.2, 0) is 0 Å². The minimum atomic E-state index is -0.199. The van der Waals surface area contributed by atoms with Gasteiger partial charge in [0.15, 0.2) is 0 Å². The number of aromatic nitrogens is 3. The molecule has 1 amide bonds. The van der Waals surface area contributed by atoms with Gasteiger partial charge in [0.05, 0.1) is 11.3 Å². The Morgan fingerprint density at radius 3 is 2.54 bits per heavy atom. The van der Waals surface area contributed by atoms with Crippen LogP contribution in [0, 0.1) is 13.8 Å². The summed E-state index contributed by atoms with van der Waals surface area (Å²) in [7, 11) is 0. The first kappa shape index (κ1) is 17.7. The fourth-order valence-electron chi connectivity index (χ4n) is 3.05. The molecule has 0 radical (unpaired) electrons. The molecular formula is C23H20N4O. The zero-order chi connectivity index (χ0) is 19.5. The van der Waals surface area contributed by atoms with Gasteiger partial charge in [-0.15, -0.1) is 0 Å². The molecule has 5 heteroatoms. The first-order valence-corrected chi connectivity index (χ1v) is 9.06. The van der Waals surface area contributed by atoms with E-state index in [0.29, 0.717) is 11.3 Å². The predicted molar refractivity (Wildman–Crippen MR) is 111 cm³/mol. The highest BCUT2D eigenvalue weighted by atomic mass is 16.1. The molecular weight excluding hydrogens is 348 g/mol. The third-order valence-corrected chi connectivity index (χ3v) is 4.77. The summed E-state index contributed by atoms with van der Waals surface area (Å²) in [5, 5.41) is 7.70. The van der Waals surface area contributed by atoms with Crippen molar-refractivity contribution in [2.45, 2.75) is 13.8 Å². The Morgan fingerprint density at radius 1 is 0.964 bits per heavy atom. The standard InChI is InChI=1S/C23H20N4O/c1-16-8-6-12-21(17(16)2)25-23(28)20-15-27(19-10-4-3-5-11-19)26-22(20)18-9-7-13-24-14-18/h3-15H,1-2H3,(H,25,28). The van der Waals surface area contributed by atoms with Crippen molar-refractivity contribution in [3.63, 3.8) is 0 Å². The number of benzene rings is 2. The van der Waals surface area contributed by atoms with Crippen LogP contribution in [0.2, 0.25) is 0 Å². The molecule has 0 aliphatic carbocycles. The highest BCUT2D eigenvalue weighted by Crippen LogP contribution is 2.25. The van der Waals surface area contributed by atoms with Gasteiger partial charge in [0.2, 0.25) is 0 Å². The molecule has 138 valence electrons. The first-order chi connectivity index (χ1) is 13.6. The molecule has 0 aliphatic heterocycles. The van der Waals surface area contributed by atoms with E-state index >= 15 is 0 Å². The topological polar surface area (TPSA) is 59.8 Å². The Hall–Kier alpha value is -3.73. The average molecular weight is 368 g/mol. The lowest BCUT2D eigenvalue weighted by atomic mass is 10.1. The maximum Gasteiger partial charge on any atom is 0.259 e. The van der Waals surface area contributed by atoms with Crippen molar-refractivity contribution in [3.8, 4) is 16.9 Å². The molecule has 5 nitrogen and oxygen atoms in total. The molecule has 0 saturated heterocycles. The summed E-state index contributed by atoms with van der Waals surface area (Å²) in [6.45, 7) is 4.03. The molecule has 4 rings (SSSR count). The molecule has 0 unspecified atom stereocenters. The quantitative estimate of drug-likeness (QED) is 0.563. The minimum Gasteiger partial charge on any atom is -0.322 e. The number of nitrogens with one attached hydrogen (secondary N) is 1. The van der Waals surface area contributed by atoms with Crippen LogP contribution in [-0.4, -0.2) is 20.7 Å². The summed E-state index contributed by atoms with van der Waals surface area (Å²) in [6.07, 6.45) is 5.18. The number of anilines is 1. The van der Waals surface area contributed by atoms with Crippen molar-refractivity contribution in [2.75, 3.05) is 5.32 Å². The summed E-state index contributed by atoms with van der Waals surface area (Å²) in [6, 6.07) is 19.3. The molecule has 0 aliphatic rings. The second kappa shape index (κ2) is 7.48. The summed E-state index contributed by atoms with van der Waals surface area (Å²) in [5.74, 6) is -0.199. The summed E-state index contributed by atoms with van der Waals surface area (Å²) in [5.41, 5.74) is 5.76. The van der Waals surface area contributed by atoms with E-state index in [-0.39, 0.29) is 5.91 Å². The zero-order valence-corrected chi connectivity index (χ0v) is 15.8. The van der Waals surface area contributed by atoms with E-state index in [2.05, 4.69) is 15.4 Å². The van der Waals surface area contributed by atoms with Crippen LogP contribution in [0.1, 0.15) is 21.5 Å². The lowest BCUT2D eigenvalue weighted by molar-refractivity contribution is 0.102. The molecule has 2 aromatic carbocycles. The molecule has 2 aromatic heterocycles. The first-order valence-electron chi connectivity index (χ1n) is 9.06. The van der Waals surface area contributed by atoms with Crippen molar-refractivity contribution in [3.05, 3.63) is 95.9 Å². The fraction of sp³-hybridized carbons (Fsp3) is 0.0870. The van der Waals surface area contributed by atoms with Gasteiger partial charge in [-0.2, -0.15) is 5.10 Å².